The first-order chi connectivity index (χ1) is 10.3. The van der Waals surface area contributed by atoms with Crippen LogP contribution in [0.25, 0.3) is 0 Å². The molecule has 0 aliphatic carbocycles. The van der Waals surface area contributed by atoms with Crippen LogP contribution >= 0.6 is 22.7 Å². The lowest BCUT2D eigenvalue weighted by Crippen LogP contribution is -2.38. The van der Waals surface area contributed by atoms with Crippen molar-refractivity contribution >= 4 is 28.6 Å². The van der Waals surface area contributed by atoms with Crippen LogP contribution in [0.5, 0.6) is 0 Å². The number of hydrogen-bond donors (Lipinski definition) is 1. The van der Waals surface area contributed by atoms with Gasteiger partial charge in [-0.3, -0.25) is 14.7 Å². The molecule has 1 fully saturated rings. The smallest absolute Gasteiger partial charge is 0.261 e. The first-order valence-corrected chi connectivity index (χ1v) is 8.98. The average molecular weight is 321 g/mol. The second-order valence-electron chi connectivity index (χ2n) is 5.37. The Morgan fingerprint density at radius 1 is 1.38 bits per heavy atom. The maximum Gasteiger partial charge on any atom is 0.261 e. The van der Waals surface area contributed by atoms with Crippen LogP contribution in [0.2, 0.25) is 0 Å². The minimum atomic E-state index is 0.0667. The highest BCUT2D eigenvalue weighted by molar-refractivity contribution is 7.12. The fourth-order valence-corrected chi connectivity index (χ4v) is 3.90. The van der Waals surface area contributed by atoms with E-state index >= 15 is 0 Å². The summed E-state index contributed by atoms with van der Waals surface area (Å²) in [5.41, 5.74) is 1.89. The molecule has 0 spiro atoms. The molecule has 0 bridgehead atoms. The molecule has 1 amide bonds. The zero-order chi connectivity index (χ0) is 14.5. The molecule has 1 N–H and O–H groups in total. The van der Waals surface area contributed by atoms with Gasteiger partial charge in [0, 0.05) is 24.2 Å². The average Bonchev–Trinajstić information content (AvgIpc) is 3.19. The molecule has 0 atom stereocenters. The lowest BCUT2D eigenvalue weighted by molar-refractivity contribution is 0.0939. The van der Waals surface area contributed by atoms with Crippen LogP contribution in [0.15, 0.2) is 29.2 Å². The van der Waals surface area contributed by atoms with Crippen molar-refractivity contribution in [2.75, 3.05) is 19.6 Å². The molecular weight excluding hydrogens is 302 g/mol. The van der Waals surface area contributed by atoms with Gasteiger partial charge in [0.05, 0.1) is 10.4 Å². The Morgan fingerprint density at radius 3 is 2.90 bits per heavy atom. The number of aromatic nitrogens is 1. The largest absolute Gasteiger partial charge is 0.351 e. The fraction of sp³-hybridized carbons (Fsp3) is 0.467. The molecule has 1 aliphatic rings. The molecule has 0 unspecified atom stereocenters. The lowest BCUT2D eigenvalue weighted by atomic mass is 9.97. The van der Waals surface area contributed by atoms with Gasteiger partial charge in [0.25, 0.3) is 5.91 Å². The highest BCUT2D eigenvalue weighted by atomic mass is 32.1. The minimum absolute atomic E-state index is 0.0667. The normalized spacial score (nSPS) is 17.0. The van der Waals surface area contributed by atoms with Crippen molar-refractivity contribution in [2.45, 2.75) is 19.4 Å². The van der Waals surface area contributed by atoms with E-state index < -0.39 is 0 Å². The minimum Gasteiger partial charge on any atom is -0.351 e. The van der Waals surface area contributed by atoms with Gasteiger partial charge in [-0.25, -0.2) is 0 Å². The van der Waals surface area contributed by atoms with Gasteiger partial charge in [-0.1, -0.05) is 6.07 Å². The van der Waals surface area contributed by atoms with Crippen LogP contribution in [0.4, 0.5) is 0 Å². The molecule has 1 saturated heterocycles. The molecule has 3 heterocycles. The van der Waals surface area contributed by atoms with Gasteiger partial charge in [0.2, 0.25) is 0 Å². The summed E-state index contributed by atoms with van der Waals surface area (Å²) in [6, 6.07) is 3.79. The van der Waals surface area contributed by atoms with E-state index in [1.807, 2.05) is 29.2 Å². The Hall–Kier alpha value is -1.24. The van der Waals surface area contributed by atoms with E-state index in [0.717, 1.165) is 43.9 Å². The Morgan fingerprint density at radius 2 is 2.24 bits per heavy atom. The van der Waals surface area contributed by atoms with Crippen molar-refractivity contribution in [3.63, 3.8) is 0 Å². The van der Waals surface area contributed by atoms with Crippen molar-refractivity contribution in [1.82, 2.24) is 15.2 Å². The number of rotatable bonds is 5. The van der Waals surface area contributed by atoms with Crippen LogP contribution in [0.3, 0.4) is 0 Å². The van der Waals surface area contributed by atoms with Gasteiger partial charge in [0.15, 0.2) is 0 Å². The number of nitrogens with zero attached hydrogens (tertiary/aromatic N) is 2. The monoisotopic (exact) mass is 321 g/mol. The van der Waals surface area contributed by atoms with Gasteiger partial charge >= 0.3 is 0 Å². The third-order valence-electron chi connectivity index (χ3n) is 3.87. The summed E-state index contributed by atoms with van der Waals surface area (Å²) in [5, 5.41) is 5.00. The summed E-state index contributed by atoms with van der Waals surface area (Å²) in [4.78, 5) is 20.6. The highest BCUT2D eigenvalue weighted by Crippen LogP contribution is 2.19. The Labute approximate surface area is 132 Å². The molecule has 21 heavy (non-hydrogen) atoms. The summed E-state index contributed by atoms with van der Waals surface area (Å²) in [7, 11) is 0. The van der Waals surface area contributed by atoms with Gasteiger partial charge < -0.3 is 5.32 Å². The summed E-state index contributed by atoms with van der Waals surface area (Å²) in [5.74, 6) is 0.670. The van der Waals surface area contributed by atoms with Crippen LogP contribution < -0.4 is 5.32 Å². The molecule has 112 valence electrons. The summed E-state index contributed by atoms with van der Waals surface area (Å²) < 4.78 is 0. The van der Waals surface area contributed by atoms with E-state index in [1.54, 1.807) is 11.3 Å². The Bertz CT molecular complexity index is 546. The van der Waals surface area contributed by atoms with E-state index in [4.69, 9.17) is 0 Å². The molecule has 0 saturated carbocycles. The number of likely N-dealkylation sites (tertiary alicyclic amines) is 1. The SMILES string of the molecule is O=C(NCC1CCN(Cc2cncs2)CC1)c1cccs1. The molecule has 1 aliphatic heterocycles. The summed E-state index contributed by atoms with van der Waals surface area (Å²) >= 11 is 3.22. The zero-order valence-corrected chi connectivity index (χ0v) is 13.5. The molecular formula is C15H19N3OS2. The van der Waals surface area contributed by atoms with E-state index in [2.05, 4.69) is 15.2 Å². The number of hydrogen-bond acceptors (Lipinski definition) is 5. The number of carbonyl (C=O) groups is 1. The van der Waals surface area contributed by atoms with Gasteiger partial charge in [0.1, 0.15) is 0 Å². The first-order valence-electron chi connectivity index (χ1n) is 7.22. The highest BCUT2D eigenvalue weighted by Gasteiger charge is 2.20. The maximum atomic E-state index is 11.9. The van der Waals surface area contributed by atoms with Crippen molar-refractivity contribution in [1.29, 1.82) is 0 Å². The number of thiophene rings is 1. The lowest BCUT2D eigenvalue weighted by Gasteiger charge is -2.31. The van der Waals surface area contributed by atoms with E-state index in [-0.39, 0.29) is 5.91 Å². The molecule has 0 radical (unpaired) electrons. The number of piperidine rings is 1. The van der Waals surface area contributed by atoms with Crippen molar-refractivity contribution in [3.05, 3.63) is 39.0 Å². The summed E-state index contributed by atoms with van der Waals surface area (Å²) in [6.07, 6.45) is 4.27. The van der Waals surface area contributed by atoms with Crippen molar-refractivity contribution in [3.8, 4) is 0 Å². The number of nitrogens with one attached hydrogen (secondary N) is 1. The molecule has 6 heteroatoms. The van der Waals surface area contributed by atoms with Gasteiger partial charge in [-0.15, -0.1) is 22.7 Å². The number of thiazole rings is 1. The Kier molecular flexibility index (Phi) is 5.00. The van der Waals surface area contributed by atoms with Crippen LogP contribution in [-0.4, -0.2) is 35.4 Å². The van der Waals surface area contributed by atoms with E-state index in [9.17, 15) is 4.79 Å². The molecule has 2 aromatic heterocycles. The molecule has 4 nitrogen and oxygen atoms in total. The predicted octanol–water partition coefficient (Wildman–Crippen LogP) is 2.85. The molecule has 0 aromatic carbocycles. The zero-order valence-electron chi connectivity index (χ0n) is 11.8. The van der Waals surface area contributed by atoms with Crippen molar-refractivity contribution in [2.24, 2.45) is 5.92 Å². The maximum absolute atomic E-state index is 11.9. The van der Waals surface area contributed by atoms with Crippen LogP contribution in [0.1, 0.15) is 27.4 Å². The Balaban J connectivity index is 1.39. The van der Waals surface area contributed by atoms with Crippen LogP contribution in [-0.2, 0) is 6.54 Å². The standard InChI is InChI=1S/C15H19N3OS2/c19-15(14-2-1-7-20-14)17-8-12-3-5-18(6-4-12)10-13-9-16-11-21-13/h1-2,7,9,11-12H,3-6,8,10H2,(H,17,19). The second-order valence-corrected chi connectivity index (χ2v) is 7.29. The second kappa shape index (κ2) is 7.15. The van der Waals surface area contributed by atoms with E-state index in [0.29, 0.717) is 5.92 Å². The third kappa shape index (κ3) is 4.12. The topological polar surface area (TPSA) is 45.2 Å². The molecule has 3 rings (SSSR count). The third-order valence-corrected chi connectivity index (χ3v) is 5.50. The quantitative estimate of drug-likeness (QED) is 0.921. The fourth-order valence-electron chi connectivity index (χ4n) is 2.62. The van der Waals surface area contributed by atoms with Gasteiger partial charge in [-0.05, 0) is 43.3 Å². The summed E-state index contributed by atoms with van der Waals surface area (Å²) in [6.45, 7) is 4.03. The van der Waals surface area contributed by atoms with E-state index in [1.165, 1.54) is 16.2 Å². The first kappa shape index (κ1) is 14.7. The van der Waals surface area contributed by atoms with Crippen molar-refractivity contribution < 1.29 is 4.79 Å². The predicted molar refractivity (Wildman–Crippen MR) is 86.8 cm³/mol. The van der Waals surface area contributed by atoms with Crippen LogP contribution in [0, 0.1) is 5.92 Å². The number of amides is 1. The van der Waals surface area contributed by atoms with Gasteiger partial charge in [-0.2, -0.15) is 0 Å². The number of carbonyl (C=O) groups excluding carboxylic acids is 1. The molecule has 2 aromatic rings.